The van der Waals surface area contributed by atoms with E-state index in [4.69, 9.17) is 10.00 Å². The maximum Gasteiger partial charge on any atom is 0.184 e. The molecule has 0 saturated heterocycles. The second kappa shape index (κ2) is 5.11. The Hall–Kier alpha value is -1.89. The van der Waals surface area contributed by atoms with Crippen LogP contribution < -0.4 is 4.74 Å². The number of rotatable bonds is 4. The van der Waals surface area contributed by atoms with E-state index in [1.54, 1.807) is 19.1 Å². The summed E-state index contributed by atoms with van der Waals surface area (Å²) in [7, 11) is 0. The Balaban J connectivity index is 2.94. The van der Waals surface area contributed by atoms with Crippen molar-refractivity contribution >= 4 is 6.29 Å². The van der Waals surface area contributed by atoms with Gasteiger partial charge < -0.3 is 4.74 Å². The van der Waals surface area contributed by atoms with E-state index >= 15 is 0 Å². The number of nitrogens with zero attached hydrogens (tertiary/aromatic N) is 2. The average Bonchev–Trinajstić information content (AvgIpc) is 2.27. The van der Waals surface area contributed by atoms with Crippen molar-refractivity contribution in [3.05, 3.63) is 23.5 Å². The number of aldehydes is 1. The van der Waals surface area contributed by atoms with Gasteiger partial charge in [0, 0.05) is 5.69 Å². The first-order chi connectivity index (χ1) is 7.21. The summed E-state index contributed by atoms with van der Waals surface area (Å²) in [5.41, 5.74) is 0.984. The predicted molar refractivity (Wildman–Crippen MR) is 54.7 cm³/mol. The highest BCUT2D eigenvalue weighted by Gasteiger charge is 2.10. The average molecular weight is 204 g/mol. The van der Waals surface area contributed by atoms with Gasteiger partial charge in [0.1, 0.15) is 17.5 Å². The molecule has 1 atom stereocenters. The van der Waals surface area contributed by atoms with E-state index in [0.29, 0.717) is 18.5 Å². The number of carbonyl (C=O) groups excluding carboxylic acids is 1. The second-order valence-corrected chi connectivity index (χ2v) is 3.10. The Labute approximate surface area is 88.5 Å². The molecule has 0 spiro atoms. The molecule has 0 aliphatic heterocycles. The lowest BCUT2D eigenvalue weighted by atomic mass is 10.2. The van der Waals surface area contributed by atoms with Crippen molar-refractivity contribution in [2.45, 2.75) is 26.4 Å². The zero-order valence-corrected chi connectivity index (χ0v) is 8.73. The molecule has 0 N–H and O–H groups in total. The molecular weight excluding hydrogens is 192 g/mol. The predicted octanol–water partition coefficient (Wildman–Crippen LogP) is 1.88. The van der Waals surface area contributed by atoms with E-state index in [-0.39, 0.29) is 5.69 Å². The van der Waals surface area contributed by atoms with Gasteiger partial charge >= 0.3 is 0 Å². The van der Waals surface area contributed by atoms with Crippen molar-refractivity contribution in [2.24, 2.45) is 0 Å². The standard InChI is InChI=1S/C11H12N2O2/c1-3-9(6-12)15-11-5-4-8(2)13-10(11)7-14/h4-5,7,9H,3H2,1-2H3. The summed E-state index contributed by atoms with van der Waals surface area (Å²) in [5, 5.41) is 8.72. The first kappa shape index (κ1) is 11.2. The summed E-state index contributed by atoms with van der Waals surface area (Å²) in [6.45, 7) is 3.63. The molecule has 0 amide bonds. The molecule has 78 valence electrons. The fourth-order valence-electron chi connectivity index (χ4n) is 1.10. The summed E-state index contributed by atoms with van der Waals surface area (Å²) in [4.78, 5) is 14.7. The topological polar surface area (TPSA) is 63.0 Å². The van der Waals surface area contributed by atoms with Crippen molar-refractivity contribution in [1.29, 1.82) is 5.26 Å². The molecule has 1 aromatic heterocycles. The zero-order chi connectivity index (χ0) is 11.3. The molecule has 0 aliphatic rings. The highest BCUT2D eigenvalue weighted by Crippen LogP contribution is 2.17. The molecule has 0 fully saturated rings. The lowest BCUT2D eigenvalue weighted by molar-refractivity contribution is 0.111. The van der Waals surface area contributed by atoms with Gasteiger partial charge in [-0.1, -0.05) is 6.92 Å². The first-order valence-corrected chi connectivity index (χ1v) is 4.70. The van der Waals surface area contributed by atoms with E-state index in [9.17, 15) is 4.79 Å². The minimum absolute atomic E-state index is 0.240. The third-order valence-electron chi connectivity index (χ3n) is 1.92. The summed E-state index contributed by atoms with van der Waals surface area (Å²) < 4.78 is 5.33. The molecule has 15 heavy (non-hydrogen) atoms. The Morgan fingerprint density at radius 3 is 2.93 bits per heavy atom. The smallest absolute Gasteiger partial charge is 0.184 e. The Bertz CT molecular complexity index is 396. The van der Waals surface area contributed by atoms with Crippen LogP contribution in [0.4, 0.5) is 0 Å². The fourth-order valence-corrected chi connectivity index (χ4v) is 1.10. The van der Waals surface area contributed by atoms with Crippen LogP contribution in [0.25, 0.3) is 0 Å². The largest absolute Gasteiger partial charge is 0.473 e. The van der Waals surface area contributed by atoms with Crippen LogP contribution in [0.3, 0.4) is 0 Å². The highest BCUT2D eigenvalue weighted by atomic mass is 16.5. The molecule has 0 bridgehead atoms. The van der Waals surface area contributed by atoms with Crippen LogP contribution in [-0.2, 0) is 0 Å². The van der Waals surface area contributed by atoms with Crippen molar-refractivity contribution in [3.8, 4) is 11.8 Å². The number of nitriles is 1. The van der Waals surface area contributed by atoms with Crippen LogP contribution in [0.2, 0.25) is 0 Å². The molecule has 1 heterocycles. The van der Waals surface area contributed by atoms with Crippen molar-refractivity contribution in [1.82, 2.24) is 4.98 Å². The molecule has 4 nitrogen and oxygen atoms in total. The minimum atomic E-state index is -0.534. The number of aromatic nitrogens is 1. The van der Waals surface area contributed by atoms with Crippen molar-refractivity contribution in [2.75, 3.05) is 0 Å². The maximum absolute atomic E-state index is 10.7. The number of ether oxygens (including phenoxy) is 1. The Morgan fingerprint density at radius 2 is 2.40 bits per heavy atom. The molecule has 0 aromatic carbocycles. The van der Waals surface area contributed by atoms with E-state index in [0.717, 1.165) is 5.69 Å². The molecule has 1 rings (SSSR count). The quantitative estimate of drug-likeness (QED) is 0.702. The van der Waals surface area contributed by atoms with Gasteiger partial charge in [-0.2, -0.15) is 5.26 Å². The third-order valence-corrected chi connectivity index (χ3v) is 1.92. The molecule has 0 aliphatic carbocycles. The van der Waals surface area contributed by atoms with Gasteiger partial charge in [-0.3, -0.25) is 4.79 Å². The van der Waals surface area contributed by atoms with Crippen LogP contribution in [0.5, 0.6) is 5.75 Å². The number of hydrogen-bond acceptors (Lipinski definition) is 4. The Morgan fingerprint density at radius 1 is 1.67 bits per heavy atom. The molecular formula is C11H12N2O2. The van der Waals surface area contributed by atoms with E-state index in [1.807, 2.05) is 13.0 Å². The number of hydrogen-bond donors (Lipinski definition) is 0. The van der Waals surface area contributed by atoms with Crippen LogP contribution in [0.15, 0.2) is 12.1 Å². The van der Waals surface area contributed by atoms with Gasteiger partial charge in [0.2, 0.25) is 0 Å². The molecule has 1 unspecified atom stereocenters. The summed E-state index contributed by atoms with van der Waals surface area (Å²) >= 11 is 0. The summed E-state index contributed by atoms with van der Waals surface area (Å²) in [6, 6.07) is 5.40. The molecule has 0 radical (unpaired) electrons. The van der Waals surface area contributed by atoms with E-state index in [1.165, 1.54) is 0 Å². The summed E-state index contributed by atoms with van der Waals surface area (Å²) in [5.74, 6) is 0.365. The highest BCUT2D eigenvalue weighted by molar-refractivity contribution is 5.76. The maximum atomic E-state index is 10.7. The lowest BCUT2D eigenvalue weighted by Crippen LogP contribution is -2.13. The van der Waals surface area contributed by atoms with Crippen molar-refractivity contribution in [3.63, 3.8) is 0 Å². The van der Waals surface area contributed by atoms with E-state index < -0.39 is 6.10 Å². The minimum Gasteiger partial charge on any atom is -0.473 e. The van der Waals surface area contributed by atoms with Gasteiger partial charge in [0.05, 0.1) is 0 Å². The number of carbonyl (C=O) groups is 1. The first-order valence-electron chi connectivity index (χ1n) is 4.70. The SMILES string of the molecule is CCC(C#N)Oc1ccc(C)nc1C=O. The van der Waals surface area contributed by atoms with Gasteiger partial charge in [-0.25, -0.2) is 4.98 Å². The monoisotopic (exact) mass is 204 g/mol. The van der Waals surface area contributed by atoms with E-state index in [2.05, 4.69) is 4.98 Å². The van der Waals surface area contributed by atoms with Crippen molar-refractivity contribution < 1.29 is 9.53 Å². The summed E-state index contributed by atoms with van der Waals surface area (Å²) in [6.07, 6.45) is 0.669. The second-order valence-electron chi connectivity index (χ2n) is 3.10. The molecule has 0 saturated carbocycles. The van der Waals surface area contributed by atoms with Gasteiger partial charge in [-0.15, -0.1) is 0 Å². The van der Waals surface area contributed by atoms with Gasteiger partial charge in [0.15, 0.2) is 12.4 Å². The van der Waals surface area contributed by atoms with Crippen LogP contribution in [-0.4, -0.2) is 17.4 Å². The zero-order valence-electron chi connectivity index (χ0n) is 8.73. The van der Waals surface area contributed by atoms with Crippen LogP contribution in [0.1, 0.15) is 29.5 Å². The molecule has 4 heteroatoms. The number of aryl methyl sites for hydroxylation is 1. The van der Waals surface area contributed by atoms with Crippen LogP contribution in [0, 0.1) is 18.3 Å². The normalized spacial score (nSPS) is 11.5. The number of pyridine rings is 1. The van der Waals surface area contributed by atoms with Gasteiger partial charge in [0.25, 0.3) is 0 Å². The lowest BCUT2D eigenvalue weighted by Gasteiger charge is -2.11. The fraction of sp³-hybridized carbons (Fsp3) is 0.364. The molecule has 1 aromatic rings. The third kappa shape index (κ3) is 2.78. The van der Waals surface area contributed by atoms with Gasteiger partial charge in [-0.05, 0) is 25.5 Å². The van der Waals surface area contributed by atoms with Crippen LogP contribution >= 0.6 is 0 Å². The Kier molecular flexibility index (Phi) is 3.81.